The first-order valence-corrected chi connectivity index (χ1v) is 10.3. The van der Waals surface area contributed by atoms with E-state index in [1.54, 1.807) is 18.3 Å². The molecule has 0 atom stereocenters. The van der Waals surface area contributed by atoms with Crippen LogP contribution in [0.2, 0.25) is 0 Å². The van der Waals surface area contributed by atoms with E-state index < -0.39 is 27.0 Å². The third-order valence-corrected chi connectivity index (χ3v) is 6.18. The van der Waals surface area contributed by atoms with Gasteiger partial charge in [-0.15, -0.1) is 0 Å². The molecule has 0 saturated carbocycles. The molecule has 4 rings (SSSR count). The van der Waals surface area contributed by atoms with Crippen LogP contribution >= 0.6 is 0 Å². The molecule has 0 unspecified atom stereocenters. The van der Waals surface area contributed by atoms with E-state index in [2.05, 4.69) is 15.2 Å². The predicted molar refractivity (Wildman–Crippen MR) is 105 cm³/mol. The van der Waals surface area contributed by atoms with Crippen molar-refractivity contribution in [3.63, 3.8) is 0 Å². The third kappa shape index (κ3) is 3.89. The Morgan fingerprint density at radius 3 is 2.58 bits per heavy atom. The lowest BCUT2D eigenvalue weighted by atomic mass is 10.2. The van der Waals surface area contributed by atoms with Crippen molar-refractivity contribution < 1.29 is 21.9 Å². The van der Waals surface area contributed by atoms with E-state index in [9.17, 15) is 22.0 Å². The fourth-order valence-corrected chi connectivity index (χ4v) is 4.15. The molecular formula is C19H15F2N5O4S. The number of alkyl halides is 2. The number of sulfone groups is 1. The quantitative estimate of drug-likeness (QED) is 0.446. The maximum atomic E-state index is 12.8. The Hall–Kier alpha value is -3.67. The molecule has 31 heavy (non-hydrogen) atoms. The van der Waals surface area contributed by atoms with E-state index in [-0.39, 0.29) is 21.5 Å². The molecule has 3 heterocycles. The minimum absolute atomic E-state index is 0.164. The van der Waals surface area contributed by atoms with Gasteiger partial charge in [-0.3, -0.25) is 4.79 Å². The van der Waals surface area contributed by atoms with Crippen LogP contribution in [0.1, 0.15) is 12.1 Å². The van der Waals surface area contributed by atoms with Gasteiger partial charge in [0.1, 0.15) is 0 Å². The SMILES string of the molecule is COc1ccc(Cn2ncc3cc(S(=O)(=O)c4ccn(C(F)F)n4)ccc3c2=O)cn1. The number of hydrogen-bond acceptors (Lipinski definition) is 7. The first-order chi connectivity index (χ1) is 14.8. The fourth-order valence-electron chi connectivity index (χ4n) is 2.94. The fraction of sp³-hybridized carbons (Fsp3) is 0.158. The van der Waals surface area contributed by atoms with Crippen LogP contribution in [-0.2, 0) is 16.4 Å². The number of pyridine rings is 1. The van der Waals surface area contributed by atoms with Crippen molar-refractivity contribution in [3.05, 3.63) is 70.9 Å². The Morgan fingerprint density at radius 1 is 1.13 bits per heavy atom. The Balaban J connectivity index is 1.68. The third-order valence-electron chi connectivity index (χ3n) is 4.53. The number of ether oxygens (including phenoxy) is 1. The molecule has 12 heteroatoms. The van der Waals surface area contributed by atoms with Gasteiger partial charge in [0.2, 0.25) is 15.7 Å². The van der Waals surface area contributed by atoms with Gasteiger partial charge >= 0.3 is 6.55 Å². The molecule has 0 radical (unpaired) electrons. The van der Waals surface area contributed by atoms with Crippen molar-refractivity contribution >= 4 is 20.6 Å². The van der Waals surface area contributed by atoms with Gasteiger partial charge in [0.15, 0.2) is 5.03 Å². The topological polar surface area (TPSA) is 109 Å². The second-order valence-electron chi connectivity index (χ2n) is 6.48. The lowest BCUT2D eigenvalue weighted by Gasteiger charge is -2.08. The van der Waals surface area contributed by atoms with Gasteiger partial charge < -0.3 is 4.74 Å². The lowest BCUT2D eigenvalue weighted by Crippen LogP contribution is -2.23. The van der Waals surface area contributed by atoms with Crippen LogP contribution in [0, 0.1) is 0 Å². The summed E-state index contributed by atoms with van der Waals surface area (Å²) in [6.07, 6.45) is 3.81. The zero-order chi connectivity index (χ0) is 22.2. The van der Waals surface area contributed by atoms with Crippen LogP contribution in [0.15, 0.2) is 69.7 Å². The van der Waals surface area contributed by atoms with Crippen LogP contribution < -0.4 is 10.3 Å². The van der Waals surface area contributed by atoms with E-state index in [4.69, 9.17) is 4.74 Å². The number of nitrogens with zero attached hydrogens (tertiary/aromatic N) is 5. The van der Waals surface area contributed by atoms with Crippen LogP contribution in [0.4, 0.5) is 8.78 Å². The van der Waals surface area contributed by atoms with E-state index in [0.717, 1.165) is 17.8 Å². The summed E-state index contributed by atoms with van der Waals surface area (Å²) in [5.41, 5.74) is 0.308. The van der Waals surface area contributed by atoms with E-state index in [1.807, 2.05) is 0 Å². The van der Waals surface area contributed by atoms with Gasteiger partial charge in [-0.2, -0.15) is 19.0 Å². The highest BCUT2D eigenvalue weighted by atomic mass is 32.2. The smallest absolute Gasteiger partial charge is 0.333 e. The van der Waals surface area contributed by atoms with Crippen LogP contribution in [0.25, 0.3) is 10.8 Å². The molecule has 0 spiro atoms. The van der Waals surface area contributed by atoms with Crippen molar-refractivity contribution in [2.24, 2.45) is 0 Å². The Morgan fingerprint density at radius 2 is 1.94 bits per heavy atom. The second kappa shape index (κ2) is 7.87. The molecule has 0 amide bonds. The van der Waals surface area contributed by atoms with Crippen LogP contribution in [-0.4, -0.2) is 40.1 Å². The molecule has 0 bridgehead atoms. The Bertz CT molecular complexity index is 1420. The number of fused-ring (bicyclic) bond motifs is 1. The molecule has 0 saturated heterocycles. The Kier molecular flexibility index (Phi) is 5.23. The molecule has 0 N–H and O–H groups in total. The summed E-state index contributed by atoms with van der Waals surface area (Å²) in [6, 6.07) is 8.26. The largest absolute Gasteiger partial charge is 0.481 e. The maximum absolute atomic E-state index is 12.8. The summed E-state index contributed by atoms with van der Waals surface area (Å²) in [5, 5.41) is 7.55. The van der Waals surface area contributed by atoms with Gasteiger partial charge in [-0.25, -0.2) is 22.8 Å². The number of halogens is 2. The molecule has 3 aromatic heterocycles. The summed E-state index contributed by atoms with van der Waals surface area (Å²) in [4.78, 5) is 16.7. The van der Waals surface area contributed by atoms with Crippen LogP contribution in [0.5, 0.6) is 5.88 Å². The van der Waals surface area contributed by atoms with E-state index in [1.165, 1.54) is 36.2 Å². The molecule has 160 valence electrons. The van der Waals surface area contributed by atoms with Crippen molar-refractivity contribution in [1.82, 2.24) is 24.5 Å². The summed E-state index contributed by atoms with van der Waals surface area (Å²) in [5.74, 6) is 0.440. The first-order valence-electron chi connectivity index (χ1n) is 8.87. The highest BCUT2D eigenvalue weighted by Crippen LogP contribution is 2.23. The Labute approximate surface area is 174 Å². The highest BCUT2D eigenvalue weighted by molar-refractivity contribution is 7.91. The minimum Gasteiger partial charge on any atom is -0.481 e. The van der Waals surface area contributed by atoms with E-state index >= 15 is 0 Å². The molecular weight excluding hydrogens is 432 g/mol. The zero-order valence-corrected chi connectivity index (χ0v) is 16.8. The molecule has 0 aliphatic heterocycles. The second-order valence-corrected chi connectivity index (χ2v) is 8.38. The van der Waals surface area contributed by atoms with Gasteiger partial charge in [0.05, 0.1) is 30.1 Å². The highest BCUT2D eigenvalue weighted by Gasteiger charge is 2.23. The molecule has 9 nitrogen and oxygen atoms in total. The van der Waals surface area contributed by atoms with Crippen molar-refractivity contribution in [1.29, 1.82) is 0 Å². The number of rotatable bonds is 6. The summed E-state index contributed by atoms with van der Waals surface area (Å²) < 4.78 is 57.3. The van der Waals surface area contributed by atoms with Gasteiger partial charge in [-0.05, 0) is 29.8 Å². The van der Waals surface area contributed by atoms with Gasteiger partial charge in [0, 0.05) is 23.8 Å². The van der Waals surface area contributed by atoms with E-state index in [0.29, 0.717) is 11.3 Å². The van der Waals surface area contributed by atoms with Crippen LogP contribution in [0.3, 0.4) is 0 Å². The molecule has 0 fully saturated rings. The van der Waals surface area contributed by atoms with Crippen molar-refractivity contribution in [3.8, 4) is 5.88 Å². The summed E-state index contributed by atoms with van der Waals surface area (Å²) in [7, 11) is -2.65. The lowest BCUT2D eigenvalue weighted by molar-refractivity contribution is 0.0553. The average Bonchev–Trinajstić information content (AvgIpc) is 3.28. The first kappa shape index (κ1) is 20.6. The monoisotopic (exact) mass is 447 g/mol. The average molecular weight is 447 g/mol. The zero-order valence-electron chi connectivity index (χ0n) is 16.0. The molecule has 1 aromatic carbocycles. The van der Waals surface area contributed by atoms with Gasteiger partial charge in [-0.1, -0.05) is 6.07 Å². The maximum Gasteiger partial charge on any atom is 0.333 e. The summed E-state index contributed by atoms with van der Waals surface area (Å²) in [6.45, 7) is -2.79. The molecule has 0 aliphatic carbocycles. The molecule has 4 aromatic rings. The number of methoxy groups -OCH3 is 1. The number of benzene rings is 1. The molecule has 0 aliphatic rings. The summed E-state index contributed by atoms with van der Waals surface area (Å²) >= 11 is 0. The number of aromatic nitrogens is 5. The minimum atomic E-state index is -4.14. The number of hydrogen-bond donors (Lipinski definition) is 0. The van der Waals surface area contributed by atoms with Crippen molar-refractivity contribution in [2.75, 3.05) is 7.11 Å². The normalized spacial score (nSPS) is 11.9. The predicted octanol–water partition coefficient (Wildman–Crippen LogP) is 2.27. The standard InChI is InChI=1S/C19H15F2N5O4S/c1-30-16-5-2-12(9-22-16)11-26-18(27)15-4-3-14(8-13(15)10-23-26)31(28,29)17-6-7-25(24-17)19(20)21/h2-10,19H,11H2,1H3. The van der Waals surface area contributed by atoms with Crippen molar-refractivity contribution in [2.45, 2.75) is 23.0 Å². The van der Waals surface area contributed by atoms with Gasteiger partial charge in [0.25, 0.3) is 5.56 Å².